The summed E-state index contributed by atoms with van der Waals surface area (Å²) in [4.78, 5) is 6.28. The summed E-state index contributed by atoms with van der Waals surface area (Å²) in [5.74, 6) is 1.40. The molecular formula is C11H22N4O. The van der Waals surface area contributed by atoms with Gasteiger partial charge in [-0.1, -0.05) is 13.8 Å². The van der Waals surface area contributed by atoms with E-state index in [0.717, 1.165) is 31.8 Å². The average Bonchev–Trinajstić information content (AvgIpc) is 2.71. The summed E-state index contributed by atoms with van der Waals surface area (Å²) in [7, 11) is 1.95. The summed E-state index contributed by atoms with van der Waals surface area (Å²) in [5.41, 5.74) is 0. The molecule has 1 N–H and O–H groups in total. The minimum absolute atomic E-state index is 0.532. The molecule has 1 aromatic rings. The van der Waals surface area contributed by atoms with Gasteiger partial charge in [0.1, 0.15) is 0 Å². The lowest BCUT2D eigenvalue weighted by Gasteiger charge is -2.08. The molecule has 5 nitrogen and oxygen atoms in total. The molecule has 0 amide bonds. The number of aryl methyl sites for hydroxylation is 1. The van der Waals surface area contributed by atoms with Gasteiger partial charge in [0, 0.05) is 26.1 Å². The van der Waals surface area contributed by atoms with Crippen molar-refractivity contribution in [3.05, 3.63) is 5.89 Å². The number of nitrogens with one attached hydrogen (secondary N) is 1. The van der Waals surface area contributed by atoms with E-state index < -0.39 is 0 Å². The first-order valence-corrected chi connectivity index (χ1v) is 5.90. The van der Waals surface area contributed by atoms with Gasteiger partial charge in [-0.2, -0.15) is 4.98 Å². The van der Waals surface area contributed by atoms with Gasteiger partial charge in [0.05, 0.1) is 0 Å². The molecule has 0 aliphatic rings. The Morgan fingerprint density at radius 2 is 2.19 bits per heavy atom. The second kappa shape index (κ2) is 6.48. The topological polar surface area (TPSA) is 54.2 Å². The van der Waals surface area contributed by atoms with Crippen molar-refractivity contribution in [1.29, 1.82) is 0 Å². The number of rotatable bonds is 7. The third-order valence-corrected chi connectivity index (χ3v) is 2.39. The molecule has 0 spiro atoms. The van der Waals surface area contributed by atoms with Gasteiger partial charge in [-0.05, 0) is 25.0 Å². The molecule has 5 heteroatoms. The van der Waals surface area contributed by atoms with Crippen LogP contribution in [0, 0.1) is 0 Å². The summed E-state index contributed by atoms with van der Waals surface area (Å²) < 4.78 is 5.16. The highest BCUT2D eigenvalue weighted by molar-refractivity contribution is 5.24. The van der Waals surface area contributed by atoms with Crippen LogP contribution in [-0.4, -0.2) is 36.3 Å². The van der Waals surface area contributed by atoms with Gasteiger partial charge in [0.25, 0.3) is 5.95 Å². The van der Waals surface area contributed by atoms with Gasteiger partial charge in [0.15, 0.2) is 0 Å². The van der Waals surface area contributed by atoms with E-state index in [2.05, 4.69) is 36.2 Å². The van der Waals surface area contributed by atoms with Crippen LogP contribution in [0.4, 0.5) is 5.95 Å². The maximum absolute atomic E-state index is 5.16. The van der Waals surface area contributed by atoms with Crippen molar-refractivity contribution in [3.8, 4) is 0 Å². The second-order valence-corrected chi connectivity index (χ2v) is 4.21. The molecule has 0 fully saturated rings. The maximum atomic E-state index is 5.16. The van der Waals surface area contributed by atoms with Gasteiger partial charge in [-0.25, -0.2) is 0 Å². The fourth-order valence-electron chi connectivity index (χ4n) is 1.27. The Labute approximate surface area is 97.2 Å². The number of anilines is 1. The molecule has 92 valence electrons. The minimum Gasteiger partial charge on any atom is -0.342 e. The van der Waals surface area contributed by atoms with Crippen molar-refractivity contribution < 1.29 is 4.52 Å². The van der Waals surface area contributed by atoms with Crippen LogP contribution in [0.3, 0.4) is 0 Å². The Morgan fingerprint density at radius 1 is 1.44 bits per heavy atom. The second-order valence-electron chi connectivity index (χ2n) is 4.21. The summed E-state index contributed by atoms with van der Waals surface area (Å²) in [6.07, 6.45) is 1.86. The van der Waals surface area contributed by atoms with Crippen molar-refractivity contribution in [3.63, 3.8) is 0 Å². The number of nitrogens with zero attached hydrogens (tertiary/aromatic N) is 3. The van der Waals surface area contributed by atoms with Crippen LogP contribution in [-0.2, 0) is 6.42 Å². The zero-order chi connectivity index (χ0) is 12.0. The molecule has 0 aliphatic heterocycles. The predicted octanol–water partition coefficient (Wildman–Crippen LogP) is 1.46. The zero-order valence-corrected chi connectivity index (χ0v) is 10.7. The van der Waals surface area contributed by atoms with Crippen molar-refractivity contribution in [2.45, 2.75) is 39.7 Å². The van der Waals surface area contributed by atoms with Gasteiger partial charge in [-0.15, -0.1) is 0 Å². The van der Waals surface area contributed by atoms with E-state index in [9.17, 15) is 0 Å². The van der Waals surface area contributed by atoms with Gasteiger partial charge in [-0.3, -0.25) is 0 Å². The molecule has 1 rings (SSSR count). The smallest absolute Gasteiger partial charge is 0.265 e. The first-order valence-electron chi connectivity index (χ1n) is 5.90. The fraction of sp³-hybridized carbons (Fsp3) is 0.818. The Hall–Kier alpha value is -1.10. The number of aromatic nitrogens is 2. The Balaban J connectivity index is 2.29. The van der Waals surface area contributed by atoms with Crippen LogP contribution in [0.1, 0.15) is 33.1 Å². The highest BCUT2D eigenvalue weighted by atomic mass is 16.5. The summed E-state index contributed by atoms with van der Waals surface area (Å²) in [6.45, 7) is 8.21. The molecule has 0 aromatic carbocycles. The molecule has 1 heterocycles. The first-order chi connectivity index (χ1) is 7.63. The molecule has 0 saturated heterocycles. The molecule has 0 saturated carbocycles. The maximum Gasteiger partial charge on any atom is 0.265 e. The summed E-state index contributed by atoms with van der Waals surface area (Å²) in [5, 5.41) is 7.28. The molecular weight excluding hydrogens is 204 g/mol. The van der Waals surface area contributed by atoms with Crippen molar-refractivity contribution in [1.82, 2.24) is 15.5 Å². The van der Waals surface area contributed by atoms with E-state index in [1.807, 2.05) is 11.9 Å². The van der Waals surface area contributed by atoms with Crippen LogP contribution in [0.5, 0.6) is 0 Å². The largest absolute Gasteiger partial charge is 0.342 e. The van der Waals surface area contributed by atoms with Crippen molar-refractivity contribution in [2.75, 3.05) is 25.0 Å². The van der Waals surface area contributed by atoms with Crippen LogP contribution in [0.25, 0.3) is 0 Å². The van der Waals surface area contributed by atoms with E-state index in [0.29, 0.717) is 12.0 Å². The van der Waals surface area contributed by atoms with E-state index in [1.165, 1.54) is 0 Å². The van der Waals surface area contributed by atoms with Gasteiger partial charge < -0.3 is 14.7 Å². The van der Waals surface area contributed by atoms with Crippen LogP contribution in [0.2, 0.25) is 0 Å². The quantitative estimate of drug-likeness (QED) is 0.713. The molecule has 0 atom stereocenters. The molecule has 0 aliphatic carbocycles. The average molecular weight is 226 g/mol. The molecule has 0 bridgehead atoms. The Bertz CT molecular complexity index is 298. The molecule has 0 radical (unpaired) electrons. The number of hydrogen-bond donors (Lipinski definition) is 1. The van der Waals surface area contributed by atoms with Crippen molar-refractivity contribution in [2.24, 2.45) is 0 Å². The lowest BCUT2D eigenvalue weighted by molar-refractivity contribution is 0.373. The van der Waals surface area contributed by atoms with E-state index in [-0.39, 0.29) is 0 Å². The Kier molecular flexibility index (Phi) is 5.25. The van der Waals surface area contributed by atoms with Crippen LogP contribution >= 0.6 is 0 Å². The minimum atomic E-state index is 0.532. The lowest BCUT2D eigenvalue weighted by Crippen LogP contribution is -2.23. The summed E-state index contributed by atoms with van der Waals surface area (Å²) >= 11 is 0. The predicted molar refractivity (Wildman–Crippen MR) is 64.7 cm³/mol. The number of hydrogen-bond acceptors (Lipinski definition) is 5. The Morgan fingerprint density at radius 3 is 2.81 bits per heavy atom. The monoisotopic (exact) mass is 226 g/mol. The lowest BCUT2D eigenvalue weighted by atomic mass is 10.3. The molecule has 16 heavy (non-hydrogen) atoms. The van der Waals surface area contributed by atoms with Crippen LogP contribution < -0.4 is 10.2 Å². The fourth-order valence-corrected chi connectivity index (χ4v) is 1.27. The summed E-state index contributed by atoms with van der Waals surface area (Å²) in [6, 6.07) is 0.532. The third-order valence-electron chi connectivity index (χ3n) is 2.39. The molecule has 0 unspecified atom stereocenters. The standard InChI is InChI=1S/C11H22N4O/c1-5-15(4)11-13-10(16-14-11)7-6-8-12-9(2)3/h9,12H,5-8H2,1-4H3. The van der Waals surface area contributed by atoms with Crippen molar-refractivity contribution >= 4 is 5.95 Å². The molecule has 1 aromatic heterocycles. The SMILES string of the molecule is CCN(C)c1noc(CCCNC(C)C)n1. The highest BCUT2D eigenvalue weighted by Crippen LogP contribution is 2.08. The zero-order valence-electron chi connectivity index (χ0n) is 10.7. The third kappa shape index (κ3) is 4.18. The van der Waals surface area contributed by atoms with Gasteiger partial charge >= 0.3 is 0 Å². The highest BCUT2D eigenvalue weighted by Gasteiger charge is 2.08. The van der Waals surface area contributed by atoms with Gasteiger partial charge in [0.2, 0.25) is 5.89 Å². The van der Waals surface area contributed by atoms with E-state index >= 15 is 0 Å². The van der Waals surface area contributed by atoms with E-state index in [4.69, 9.17) is 4.52 Å². The van der Waals surface area contributed by atoms with Crippen LogP contribution in [0.15, 0.2) is 4.52 Å². The van der Waals surface area contributed by atoms with E-state index in [1.54, 1.807) is 0 Å². The first kappa shape index (κ1) is 13.0. The normalized spacial score (nSPS) is 11.1.